The topological polar surface area (TPSA) is 124 Å². The van der Waals surface area contributed by atoms with Gasteiger partial charge >= 0.3 is 0 Å². The number of benzene rings is 2. The Hall–Kier alpha value is -3.01. The zero-order chi connectivity index (χ0) is 20.3. The van der Waals surface area contributed by atoms with Crippen LogP contribution in [0.5, 0.6) is 0 Å². The monoisotopic (exact) mass is 405 g/mol. The molecule has 0 radical (unpaired) electrons. The van der Waals surface area contributed by atoms with Crippen LogP contribution in [0.3, 0.4) is 0 Å². The Morgan fingerprint density at radius 2 is 1.46 bits per heavy atom. The maximum absolute atomic E-state index is 12.9. The van der Waals surface area contributed by atoms with E-state index in [9.17, 15) is 28.6 Å². The average Bonchev–Trinajstić information content (AvgIpc) is 2.97. The molecule has 0 aliphatic carbocycles. The Labute approximate surface area is 161 Å². The van der Waals surface area contributed by atoms with Crippen molar-refractivity contribution >= 4 is 26.9 Å². The molecule has 9 nitrogen and oxygen atoms in total. The van der Waals surface area contributed by atoms with Gasteiger partial charge in [-0.25, -0.2) is 8.42 Å². The molecule has 0 bridgehead atoms. The van der Waals surface area contributed by atoms with Crippen LogP contribution < -0.4 is 4.90 Å². The second kappa shape index (κ2) is 7.93. The van der Waals surface area contributed by atoms with Gasteiger partial charge in [0, 0.05) is 31.3 Å². The molecule has 0 atom stereocenters. The highest BCUT2D eigenvalue weighted by molar-refractivity contribution is 7.91. The summed E-state index contributed by atoms with van der Waals surface area (Å²) in [5.41, 5.74) is -0.255. The van der Waals surface area contributed by atoms with E-state index in [2.05, 4.69) is 0 Å². The summed E-state index contributed by atoms with van der Waals surface area (Å²) in [6.07, 6.45) is 3.96. The van der Waals surface area contributed by atoms with E-state index >= 15 is 0 Å². The number of nitrogens with zero attached hydrogens (tertiary/aromatic N) is 3. The van der Waals surface area contributed by atoms with Crippen LogP contribution in [-0.2, 0) is 9.84 Å². The average molecular weight is 405 g/mol. The molecule has 0 spiro atoms. The van der Waals surface area contributed by atoms with E-state index in [1.54, 1.807) is 0 Å². The summed E-state index contributed by atoms with van der Waals surface area (Å²) in [6, 6.07) is 8.44. The molecule has 0 unspecified atom stereocenters. The standard InChI is InChI=1S/C18H19N3O6S/c22-20(23)14-6-5-7-15(12-14)28(26,27)16-8-9-17(18(13-16)21(24)25)19-10-3-1-2-4-11-19/h5-9,12-13H,1-4,10-11H2. The van der Waals surface area contributed by atoms with Gasteiger partial charge in [-0.15, -0.1) is 0 Å². The molecule has 1 heterocycles. The Morgan fingerprint density at radius 1 is 0.821 bits per heavy atom. The van der Waals surface area contributed by atoms with E-state index in [0.29, 0.717) is 18.8 Å². The number of hydrogen-bond donors (Lipinski definition) is 0. The van der Waals surface area contributed by atoms with E-state index in [1.165, 1.54) is 30.3 Å². The summed E-state index contributed by atoms with van der Waals surface area (Å²) in [5.74, 6) is 0. The van der Waals surface area contributed by atoms with E-state index in [0.717, 1.165) is 37.8 Å². The van der Waals surface area contributed by atoms with Crippen molar-refractivity contribution in [2.45, 2.75) is 35.5 Å². The number of non-ortho nitro benzene ring substituents is 1. The fourth-order valence-corrected chi connectivity index (χ4v) is 4.62. The van der Waals surface area contributed by atoms with Crippen LogP contribution in [0.25, 0.3) is 0 Å². The molecule has 3 rings (SSSR count). The molecule has 1 aliphatic rings. The Balaban J connectivity index is 2.05. The molecule has 10 heteroatoms. The fraction of sp³-hybridized carbons (Fsp3) is 0.333. The molecular formula is C18H19N3O6S. The van der Waals surface area contributed by atoms with Gasteiger partial charge in [-0.3, -0.25) is 20.2 Å². The first-order chi connectivity index (χ1) is 13.3. The fourth-order valence-electron chi connectivity index (χ4n) is 3.30. The van der Waals surface area contributed by atoms with Gasteiger partial charge in [0.2, 0.25) is 9.84 Å². The van der Waals surface area contributed by atoms with E-state index in [4.69, 9.17) is 0 Å². The lowest BCUT2D eigenvalue weighted by Crippen LogP contribution is -2.24. The summed E-state index contributed by atoms with van der Waals surface area (Å²) in [5, 5.41) is 22.5. The zero-order valence-electron chi connectivity index (χ0n) is 15.0. The number of hydrogen-bond acceptors (Lipinski definition) is 7. The lowest BCUT2D eigenvalue weighted by Gasteiger charge is -2.22. The maximum Gasteiger partial charge on any atom is 0.293 e. The third kappa shape index (κ3) is 3.96. The van der Waals surface area contributed by atoms with Crippen LogP contribution in [0.1, 0.15) is 25.7 Å². The first-order valence-electron chi connectivity index (χ1n) is 8.83. The normalized spacial score (nSPS) is 15.1. The van der Waals surface area contributed by atoms with Gasteiger partial charge in [0.05, 0.1) is 19.6 Å². The van der Waals surface area contributed by atoms with Crippen molar-refractivity contribution in [2.24, 2.45) is 0 Å². The predicted molar refractivity (Wildman–Crippen MR) is 102 cm³/mol. The first kappa shape index (κ1) is 19.7. The van der Waals surface area contributed by atoms with Crippen molar-refractivity contribution in [3.05, 3.63) is 62.7 Å². The van der Waals surface area contributed by atoms with Crippen LogP contribution in [0.15, 0.2) is 52.3 Å². The Morgan fingerprint density at radius 3 is 2.07 bits per heavy atom. The molecule has 148 valence electrons. The van der Waals surface area contributed by atoms with Gasteiger partial charge in [-0.05, 0) is 31.0 Å². The van der Waals surface area contributed by atoms with Crippen molar-refractivity contribution in [1.29, 1.82) is 0 Å². The highest BCUT2D eigenvalue weighted by Crippen LogP contribution is 2.34. The van der Waals surface area contributed by atoms with Crippen LogP contribution in [0, 0.1) is 20.2 Å². The largest absolute Gasteiger partial charge is 0.366 e. The minimum atomic E-state index is -4.13. The first-order valence-corrected chi connectivity index (χ1v) is 10.3. The molecule has 28 heavy (non-hydrogen) atoms. The van der Waals surface area contributed by atoms with Crippen LogP contribution in [-0.4, -0.2) is 31.4 Å². The van der Waals surface area contributed by atoms with Gasteiger partial charge < -0.3 is 4.90 Å². The molecule has 0 aromatic heterocycles. The Bertz CT molecular complexity index is 1010. The number of sulfone groups is 1. The summed E-state index contributed by atoms with van der Waals surface area (Å²) in [4.78, 5) is 22.6. The number of nitro groups is 2. The molecule has 0 saturated carbocycles. The maximum atomic E-state index is 12.9. The molecule has 1 fully saturated rings. The van der Waals surface area contributed by atoms with Gasteiger partial charge in [-0.1, -0.05) is 18.9 Å². The van der Waals surface area contributed by atoms with Gasteiger partial charge in [0.1, 0.15) is 5.69 Å². The highest BCUT2D eigenvalue weighted by atomic mass is 32.2. The van der Waals surface area contributed by atoms with Gasteiger partial charge in [0.25, 0.3) is 11.4 Å². The minimum absolute atomic E-state index is 0.265. The van der Waals surface area contributed by atoms with Crippen molar-refractivity contribution in [3.8, 4) is 0 Å². The molecule has 2 aromatic carbocycles. The highest BCUT2D eigenvalue weighted by Gasteiger charge is 2.26. The van der Waals surface area contributed by atoms with Crippen LogP contribution in [0.2, 0.25) is 0 Å². The number of rotatable bonds is 5. The summed E-state index contributed by atoms with van der Waals surface area (Å²) in [6.45, 7) is 1.36. The van der Waals surface area contributed by atoms with Crippen molar-refractivity contribution in [2.75, 3.05) is 18.0 Å². The lowest BCUT2D eigenvalue weighted by atomic mass is 10.2. The molecule has 0 N–H and O–H groups in total. The molecule has 0 amide bonds. The van der Waals surface area contributed by atoms with E-state index in [-0.39, 0.29) is 21.2 Å². The van der Waals surface area contributed by atoms with Crippen molar-refractivity contribution in [1.82, 2.24) is 0 Å². The number of anilines is 1. The Kier molecular flexibility index (Phi) is 5.59. The van der Waals surface area contributed by atoms with Crippen molar-refractivity contribution in [3.63, 3.8) is 0 Å². The molecular weight excluding hydrogens is 386 g/mol. The quantitative estimate of drug-likeness (QED) is 0.548. The smallest absolute Gasteiger partial charge is 0.293 e. The predicted octanol–water partition coefficient (Wildman–Crippen LogP) is 3.72. The summed E-state index contributed by atoms with van der Waals surface area (Å²) in [7, 11) is -4.13. The molecule has 1 saturated heterocycles. The van der Waals surface area contributed by atoms with Crippen LogP contribution in [0.4, 0.5) is 17.1 Å². The lowest BCUT2D eigenvalue weighted by molar-refractivity contribution is -0.385. The second-order valence-electron chi connectivity index (χ2n) is 6.57. The molecule has 2 aromatic rings. The van der Waals surface area contributed by atoms with Gasteiger partial charge in [0.15, 0.2) is 0 Å². The summed E-state index contributed by atoms with van der Waals surface area (Å²) >= 11 is 0. The van der Waals surface area contributed by atoms with E-state index < -0.39 is 19.7 Å². The molecule has 1 aliphatic heterocycles. The second-order valence-corrected chi connectivity index (χ2v) is 8.52. The SMILES string of the molecule is O=[N+]([O-])c1cccc(S(=O)(=O)c2ccc(N3CCCCCC3)c([N+](=O)[O-])c2)c1. The summed E-state index contributed by atoms with van der Waals surface area (Å²) < 4.78 is 25.7. The van der Waals surface area contributed by atoms with E-state index in [1.807, 2.05) is 4.90 Å². The number of nitro benzene ring substituents is 2. The van der Waals surface area contributed by atoms with Gasteiger partial charge in [-0.2, -0.15) is 0 Å². The van der Waals surface area contributed by atoms with Crippen molar-refractivity contribution < 1.29 is 18.3 Å². The minimum Gasteiger partial charge on any atom is -0.366 e. The third-order valence-corrected chi connectivity index (χ3v) is 6.49. The third-order valence-electron chi connectivity index (χ3n) is 4.74. The van der Waals surface area contributed by atoms with Crippen LogP contribution >= 0.6 is 0 Å². The zero-order valence-corrected chi connectivity index (χ0v) is 15.8.